The largest absolute Gasteiger partial charge is 0.378 e. The van der Waals surface area contributed by atoms with Crippen LogP contribution >= 0.6 is 11.8 Å². The molecule has 0 unspecified atom stereocenters. The van der Waals surface area contributed by atoms with E-state index in [0.717, 1.165) is 25.6 Å². The third-order valence-corrected chi connectivity index (χ3v) is 4.67. The molecule has 24 heavy (non-hydrogen) atoms. The maximum absolute atomic E-state index is 12.1. The molecule has 0 saturated carbocycles. The van der Waals surface area contributed by atoms with Crippen molar-refractivity contribution in [2.75, 3.05) is 57.6 Å². The number of hydrogen-bond donors (Lipinski definition) is 1. The zero-order chi connectivity index (χ0) is 17.5. The van der Waals surface area contributed by atoms with Crippen LogP contribution in [-0.2, 0) is 20.9 Å². The molecule has 0 aliphatic carbocycles. The van der Waals surface area contributed by atoms with Gasteiger partial charge in [0.15, 0.2) is 5.16 Å². The van der Waals surface area contributed by atoms with E-state index in [-0.39, 0.29) is 24.1 Å². The lowest BCUT2D eigenvalue weighted by molar-refractivity contribution is -0.132. The van der Waals surface area contributed by atoms with E-state index in [1.54, 1.807) is 14.1 Å². The first-order chi connectivity index (χ1) is 11.6. The Labute approximate surface area is 145 Å². The molecule has 1 N–H and O–H groups in total. The fraction of sp³-hybridized carbons (Fsp3) is 0.714. The molecule has 0 aromatic carbocycles. The summed E-state index contributed by atoms with van der Waals surface area (Å²) in [6.45, 7) is 5.74. The summed E-state index contributed by atoms with van der Waals surface area (Å²) in [7, 11) is 3.16. The van der Waals surface area contributed by atoms with Gasteiger partial charge in [-0.1, -0.05) is 11.8 Å². The van der Waals surface area contributed by atoms with Crippen LogP contribution in [0.5, 0.6) is 0 Å². The fourth-order valence-corrected chi connectivity index (χ4v) is 3.22. The number of morpholine rings is 1. The smallest absolute Gasteiger partial charge is 0.239 e. The maximum atomic E-state index is 12.1. The van der Waals surface area contributed by atoms with Crippen molar-refractivity contribution in [1.82, 2.24) is 25.0 Å². The number of nitrogens with one attached hydrogen (secondary N) is 1. The van der Waals surface area contributed by atoms with Crippen molar-refractivity contribution in [3.63, 3.8) is 0 Å². The Balaban J connectivity index is 1.96. The van der Waals surface area contributed by atoms with Crippen LogP contribution in [0.25, 0.3) is 0 Å². The monoisotopic (exact) mass is 356 g/mol. The number of anilines is 1. The van der Waals surface area contributed by atoms with Crippen LogP contribution < -0.4 is 10.2 Å². The van der Waals surface area contributed by atoms with Crippen molar-refractivity contribution in [1.29, 1.82) is 0 Å². The Kier molecular flexibility index (Phi) is 6.85. The van der Waals surface area contributed by atoms with E-state index in [1.807, 2.05) is 11.5 Å². The van der Waals surface area contributed by atoms with Gasteiger partial charge in [-0.3, -0.25) is 14.2 Å². The van der Waals surface area contributed by atoms with E-state index in [0.29, 0.717) is 18.4 Å². The second-order valence-electron chi connectivity index (χ2n) is 5.34. The average molecular weight is 356 g/mol. The highest BCUT2D eigenvalue weighted by molar-refractivity contribution is 7.99. The van der Waals surface area contributed by atoms with E-state index in [2.05, 4.69) is 20.4 Å². The topological polar surface area (TPSA) is 92.6 Å². The summed E-state index contributed by atoms with van der Waals surface area (Å²) in [6.07, 6.45) is 0. The van der Waals surface area contributed by atoms with Gasteiger partial charge in [0.1, 0.15) is 0 Å². The molecular formula is C14H24N6O3S. The molecule has 0 spiro atoms. The van der Waals surface area contributed by atoms with Gasteiger partial charge in [0.25, 0.3) is 0 Å². The van der Waals surface area contributed by atoms with Crippen molar-refractivity contribution in [3.8, 4) is 0 Å². The zero-order valence-corrected chi connectivity index (χ0v) is 15.1. The lowest BCUT2D eigenvalue weighted by Crippen LogP contribution is -2.38. The van der Waals surface area contributed by atoms with Crippen LogP contribution in [0.4, 0.5) is 5.95 Å². The van der Waals surface area contributed by atoms with Crippen LogP contribution in [0, 0.1) is 0 Å². The normalized spacial score (nSPS) is 14.5. The molecule has 10 heteroatoms. The number of likely N-dealkylation sites (N-methyl/N-ethyl adjacent to an activating group) is 2. The Bertz CT molecular complexity index is 573. The molecule has 2 rings (SSSR count). The number of aromatic nitrogens is 3. The first kappa shape index (κ1) is 18.5. The minimum atomic E-state index is -0.192. The molecule has 1 fully saturated rings. The summed E-state index contributed by atoms with van der Waals surface area (Å²) in [5.41, 5.74) is 0. The molecule has 1 saturated heterocycles. The van der Waals surface area contributed by atoms with E-state index in [1.165, 1.54) is 16.7 Å². The summed E-state index contributed by atoms with van der Waals surface area (Å²) in [6, 6.07) is 0. The number of nitrogens with zero attached hydrogens (tertiary/aromatic N) is 5. The van der Waals surface area contributed by atoms with Crippen LogP contribution in [0.3, 0.4) is 0 Å². The Morgan fingerprint density at radius 3 is 2.67 bits per heavy atom. The Hall–Kier alpha value is -1.81. The lowest BCUT2D eigenvalue weighted by Gasteiger charge is -2.27. The van der Waals surface area contributed by atoms with Gasteiger partial charge in [0, 0.05) is 33.7 Å². The predicted octanol–water partition coefficient (Wildman–Crippen LogP) is -0.569. The molecule has 0 radical (unpaired) electrons. The molecule has 134 valence electrons. The predicted molar refractivity (Wildman–Crippen MR) is 91.2 cm³/mol. The van der Waals surface area contributed by atoms with Gasteiger partial charge in [0.05, 0.1) is 25.5 Å². The highest BCUT2D eigenvalue weighted by Crippen LogP contribution is 2.22. The molecule has 1 aliphatic heterocycles. The first-order valence-corrected chi connectivity index (χ1v) is 8.88. The summed E-state index contributed by atoms with van der Waals surface area (Å²) in [5, 5.41) is 11.7. The maximum Gasteiger partial charge on any atom is 0.239 e. The van der Waals surface area contributed by atoms with Gasteiger partial charge in [0.2, 0.25) is 17.8 Å². The van der Waals surface area contributed by atoms with Crippen LogP contribution in [-0.4, -0.2) is 84.2 Å². The van der Waals surface area contributed by atoms with E-state index in [9.17, 15) is 9.59 Å². The summed E-state index contributed by atoms with van der Waals surface area (Å²) in [4.78, 5) is 27.0. The number of amides is 2. The third kappa shape index (κ3) is 4.60. The van der Waals surface area contributed by atoms with Gasteiger partial charge in [-0.2, -0.15) is 0 Å². The van der Waals surface area contributed by atoms with Crippen molar-refractivity contribution < 1.29 is 14.3 Å². The van der Waals surface area contributed by atoms with Crippen molar-refractivity contribution in [2.45, 2.75) is 18.6 Å². The van der Waals surface area contributed by atoms with Crippen LogP contribution in [0.1, 0.15) is 6.92 Å². The number of carbonyl (C=O) groups is 2. The molecule has 0 bridgehead atoms. The number of thioether (sulfide) groups is 1. The highest BCUT2D eigenvalue weighted by Gasteiger charge is 2.21. The molecular weight excluding hydrogens is 332 g/mol. The second kappa shape index (κ2) is 8.88. The summed E-state index contributed by atoms with van der Waals surface area (Å²) in [5.74, 6) is 0.716. The van der Waals surface area contributed by atoms with Crippen molar-refractivity contribution in [2.24, 2.45) is 0 Å². The third-order valence-electron chi connectivity index (χ3n) is 3.72. The van der Waals surface area contributed by atoms with Crippen molar-refractivity contribution >= 4 is 29.5 Å². The standard InChI is InChI=1S/C14H24N6O3S/c1-4-20-13(19-5-7-23-8-6-19)16-17-14(20)24-10-12(22)18(3)9-11(21)15-2/h4-10H2,1-3H3,(H,15,21). The van der Waals surface area contributed by atoms with Crippen molar-refractivity contribution in [3.05, 3.63) is 0 Å². The SMILES string of the molecule is CCn1c(SCC(=O)N(C)CC(=O)NC)nnc1N1CCOCC1. The molecule has 2 heterocycles. The van der Waals surface area contributed by atoms with Gasteiger partial charge >= 0.3 is 0 Å². The average Bonchev–Trinajstić information content (AvgIpc) is 3.02. The van der Waals surface area contributed by atoms with Gasteiger partial charge in [-0.05, 0) is 6.92 Å². The van der Waals surface area contributed by atoms with E-state index >= 15 is 0 Å². The zero-order valence-electron chi connectivity index (χ0n) is 14.3. The van der Waals surface area contributed by atoms with Crippen LogP contribution in [0.15, 0.2) is 5.16 Å². The van der Waals surface area contributed by atoms with Gasteiger partial charge in [-0.25, -0.2) is 0 Å². The molecule has 0 atom stereocenters. The molecule has 9 nitrogen and oxygen atoms in total. The summed E-state index contributed by atoms with van der Waals surface area (Å²) < 4.78 is 7.36. The first-order valence-electron chi connectivity index (χ1n) is 7.90. The molecule has 1 aromatic heterocycles. The van der Waals surface area contributed by atoms with Gasteiger partial charge in [-0.15, -0.1) is 10.2 Å². The van der Waals surface area contributed by atoms with E-state index < -0.39 is 0 Å². The second-order valence-corrected chi connectivity index (χ2v) is 6.28. The fourth-order valence-electron chi connectivity index (χ4n) is 2.28. The molecule has 1 aliphatic rings. The minimum Gasteiger partial charge on any atom is -0.378 e. The van der Waals surface area contributed by atoms with E-state index in [4.69, 9.17) is 4.74 Å². The highest BCUT2D eigenvalue weighted by atomic mass is 32.2. The Morgan fingerprint density at radius 2 is 2.04 bits per heavy atom. The minimum absolute atomic E-state index is 0.0510. The Morgan fingerprint density at radius 1 is 1.33 bits per heavy atom. The molecule has 1 aromatic rings. The number of rotatable bonds is 7. The number of carbonyl (C=O) groups excluding carboxylic acids is 2. The number of hydrogen-bond acceptors (Lipinski definition) is 7. The van der Waals surface area contributed by atoms with Gasteiger partial charge < -0.3 is 19.9 Å². The lowest BCUT2D eigenvalue weighted by atomic mass is 10.4. The quantitative estimate of drug-likeness (QED) is 0.654. The van der Waals surface area contributed by atoms with Crippen LogP contribution in [0.2, 0.25) is 0 Å². The molecule has 2 amide bonds. The number of ether oxygens (including phenoxy) is 1. The summed E-state index contributed by atoms with van der Waals surface area (Å²) >= 11 is 1.34.